The van der Waals surface area contributed by atoms with Gasteiger partial charge in [0.25, 0.3) is 0 Å². The molecule has 33 heavy (non-hydrogen) atoms. The zero-order valence-corrected chi connectivity index (χ0v) is 19.6. The maximum Gasteiger partial charge on any atom is 0.118 e. The molecule has 7 heteroatoms. The van der Waals surface area contributed by atoms with Crippen molar-refractivity contribution in [3.63, 3.8) is 0 Å². The fourth-order valence-electron chi connectivity index (χ4n) is 2.81. The van der Waals surface area contributed by atoms with Gasteiger partial charge in [-0.15, -0.1) is 0 Å². The SMILES string of the molecule is COc1ccc(CN=Cc2ccc[nH]2)cc1.COc1ccc(CN=Cc2ccc[nH]2)cc1.[Cu]. The van der Waals surface area contributed by atoms with Crippen molar-refractivity contribution in [3.05, 3.63) is 108 Å². The molecule has 2 heterocycles. The van der Waals surface area contributed by atoms with Crippen molar-refractivity contribution in [2.24, 2.45) is 9.98 Å². The van der Waals surface area contributed by atoms with Gasteiger partial charge in [0.2, 0.25) is 0 Å². The second kappa shape index (κ2) is 14.5. The zero-order valence-electron chi connectivity index (χ0n) is 18.7. The maximum absolute atomic E-state index is 5.09. The average molecular weight is 492 g/mol. The van der Waals surface area contributed by atoms with Gasteiger partial charge in [0, 0.05) is 41.9 Å². The van der Waals surface area contributed by atoms with E-state index in [2.05, 4.69) is 20.0 Å². The molecule has 175 valence electrons. The minimum absolute atomic E-state index is 0. The maximum atomic E-state index is 5.09. The minimum atomic E-state index is 0. The van der Waals surface area contributed by atoms with E-state index in [1.54, 1.807) is 14.2 Å². The third kappa shape index (κ3) is 9.23. The van der Waals surface area contributed by atoms with Gasteiger partial charge in [0.15, 0.2) is 0 Å². The van der Waals surface area contributed by atoms with Gasteiger partial charge >= 0.3 is 0 Å². The van der Waals surface area contributed by atoms with Crippen molar-refractivity contribution < 1.29 is 26.5 Å². The number of ether oxygens (including phenoxy) is 2. The van der Waals surface area contributed by atoms with Crippen LogP contribution in [0.3, 0.4) is 0 Å². The molecule has 0 spiro atoms. The number of methoxy groups -OCH3 is 2. The molecule has 0 amide bonds. The standard InChI is InChI=1S/2C13H14N2O.Cu/c2*1-16-13-6-4-11(5-7-13)9-14-10-12-3-2-8-15-12;/h2*2-8,10,15H,9H2,1H3;. The summed E-state index contributed by atoms with van der Waals surface area (Å²) in [6, 6.07) is 23.7. The second-order valence-corrected chi connectivity index (χ2v) is 6.89. The molecule has 2 aromatic heterocycles. The van der Waals surface area contributed by atoms with Gasteiger partial charge in [-0.25, -0.2) is 0 Å². The number of hydrogen-bond acceptors (Lipinski definition) is 4. The number of nitrogens with zero attached hydrogens (tertiary/aromatic N) is 2. The number of benzene rings is 2. The number of H-pyrrole nitrogens is 2. The van der Waals surface area contributed by atoms with Gasteiger partial charge in [-0.05, 0) is 59.7 Å². The molecule has 6 nitrogen and oxygen atoms in total. The van der Waals surface area contributed by atoms with Gasteiger partial charge in [-0.1, -0.05) is 24.3 Å². The Bertz CT molecular complexity index is 983. The Morgan fingerprint density at radius 3 is 1.33 bits per heavy atom. The van der Waals surface area contributed by atoms with Crippen LogP contribution in [0, 0.1) is 0 Å². The first-order chi connectivity index (χ1) is 15.8. The van der Waals surface area contributed by atoms with Crippen LogP contribution < -0.4 is 9.47 Å². The molecule has 0 atom stereocenters. The molecule has 0 bridgehead atoms. The predicted octanol–water partition coefficient (Wildman–Crippen LogP) is 5.28. The minimum Gasteiger partial charge on any atom is -0.497 e. The summed E-state index contributed by atoms with van der Waals surface area (Å²) in [7, 11) is 3.33. The molecule has 2 aromatic carbocycles. The Morgan fingerprint density at radius 2 is 1.03 bits per heavy atom. The molecule has 4 aromatic rings. The van der Waals surface area contributed by atoms with E-state index in [4.69, 9.17) is 9.47 Å². The van der Waals surface area contributed by atoms with Crippen molar-refractivity contribution in [1.29, 1.82) is 0 Å². The van der Waals surface area contributed by atoms with Gasteiger partial charge < -0.3 is 19.4 Å². The Kier molecular flexibility index (Phi) is 11.3. The van der Waals surface area contributed by atoms with Crippen LogP contribution in [0.15, 0.2) is 95.2 Å². The van der Waals surface area contributed by atoms with E-state index in [9.17, 15) is 0 Å². The van der Waals surface area contributed by atoms with Crippen LogP contribution in [0.25, 0.3) is 0 Å². The quantitative estimate of drug-likeness (QED) is 0.260. The van der Waals surface area contributed by atoms with E-state index < -0.39 is 0 Å². The van der Waals surface area contributed by atoms with Crippen LogP contribution in [-0.2, 0) is 30.2 Å². The smallest absolute Gasteiger partial charge is 0.118 e. The molecule has 0 aliphatic rings. The van der Waals surface area contributed by atoms with Crippen LogP contribution in [0.1, 0.15) is 22.5 Å². The van der Waals surface area contributed by atoms with Crippen molar-refractivity contribution in [3.8, 4) is 11.5 Å². The predicted molar refractivity (Wildman–Crippen MR) is 130 cm³/mol. The van der Waals surface area contributed by atoms with Gasteiger partial charge in [0.1, 0.15) is 11.5 Å². The fourth-order valence-corrected chi connectivity index (χ4v) is 2.81. The van der Waals surface area contributed by atoms with Gasteiger partial charge in [0.05, 0.1) is 38.7 Å². The zero-order chi connectivity index (χ0) is 22.4. The summed E-state index contributed by atoms with van der Waals surface area (Å²) in [6.45, 7) is 1.37. The van der Waals surface area contributed by atoms with E-state index in [1.165, 1.54) is 11.1 Å². The summed E-state index contributed by atoms with van der Waals surface area (Å²) in [5.41, 5.74) is 4.38. The molecule has 4 rings (SSSR count). The van der Waals surface area contributed by atoms with Crippen LogP contribution in [0.5, 0.6) is 11.5 Å². The van der Waals surface area contributed by atoms with Gasteiger partial charge in [-0.2, -0.15) is 0 Å². The first-order valence-electron chi connectivity index (χ1n) is 10.3. The monoisotopic (exact) mass is 491 g/mol. The fraction of sp³-hybridized carbons (Fsp3) is 0.154. The third-order valence-electron chi connectivity index (χ3n) is 4.57. The molecule has 0 fully saturated rings. The van der Waals surface area contributed by atoms with E-state index in [-0.39, 0.29) is 17.1 Å². The summed E-state index contributed by atoms with van der Waals surface area (Å²) in [5.74, 6) is 1.74. The van der Waals surface area contributed by atoms with Crippen LogP contribution in [0.2, 0.25) is 0 Å². The number of aliphatic imine (C=N–C) groups is 2. The second-order valence-electron chi connectivity index (χ2n) is 6.89. The number of aromatic amines is 2. The molecule has 0 aliphatic carbocycles. The van der Waals surface area contributed by atoms with E-state index >= 15 is 0 Å². The van der Waals surface area contributed by atoms with E-state index in [0.717, 1.165) is 22.9 Å². The Hall–Kier alpha value is -3.54. The van der Waals surface area contributed by atoms with E-state index in [0.29, 0.717) is 13.1 Å². The Labute approximate surface area is 205 Å². The average Bonchev–Trinajstić information content (AvgIpc) is 3.55. The summed E-state index contributed by atoms with van der Waals surface area (Å²) >= 11 is 0. The van der Waals surface area contributed by atoms with Crippen LogP contribution >= 0.6 is 0 Å². The summed E-state index contributed by atoms with van der Waals surface area (Å²) < 4.78 is 10.2. The molecule has 0 unspecified atom stereocenters. The number of aromatic nitrogens is 2. The first-order valence-corrected chi connectivity index (χ1v) is 10.3. The normalized spacial score (nSPS) is 10.5. The Morgan fingerprint density at radius 1 is 0.636 bits per heavy atom. The molecule has 0 saturated heterocycles. The topological polar surface area (TPSA) is 74.8 Å². The molecule has 2 N–H and O–H groups in total. The van der Waals surface area contributed by atoms with Gasteiger partial charge in [-0.3, -0.25) is 9.98 Å². The molecule has 0 saturated carbocycles. The first kappa shape index (κ1) is 25.7. The summed E-state index contributed by atoms with van der Waals surface area (Å²) in [5, 5.41) is 0. The third-order valence-corrected chi connectivity index (χ3v) is 4.57. The number of hydrogen-bond donors (Lipinski definition) is 2. The van der Waals surface area contributed by atoms with Crippen molar-refractivity contribution >= 4 is 12.4 Å². The molecular formula is C26H28CuN4O2. The van der Waals surface area contributed by atoms with Crippen LogP contribution in [-0.4, -0.2) is 36.6 Å². The number of nitrogens with one attached hydrogen (secondary N) is 2. The molecular weight excluding hydrogens is 464 g/mol. The number of rotatable bonds is 8. The summed E-state index contributed by atoms with van der Waals surface area (Å²) in [6.07, 6.45) is 7.44. The molecule has 1 radical (unpaired) electrons. The van der Waals surface area contributed by atoms with Crippen LogP contribution in [0.4, 0.5) is 0 Å². The summed E-state index contributed by atoms with van der Waals surface area (Å²) in [4.78, 5) is 14.8. The largest absolute Gasteiger partial charge is 0.497 e. The van der Waals surface area contributed by atoms with Crippen molar-refractivity contribution in [1.82, 2.24) is 9.97 Å². The Balaban J connectivity index is 0.000000227. The van der Waals surface area contributed by atoms with Crippen molar-refractivity contribution in [2.45, 2.75) is 13.1 Å². The van der Waals surface area contributed by atoms with Crippen molar-refractivity contribution in [2.75, 3.05) is 14.2 Å². The molecule has 0 aliphatic heterocycles. The van der Waals surface area contributed by atoms with E-state index in [1.807, 2.05) is 97.6 Å².